The Labute approximate surface area is 142 Å². The van der Waals surface area contributed by atoms with Crippen LogP contribution in [-0.4, -0.2) is 28.1 Å². The standard InChI is InChI=1S/C18H16FNO5/c19-13-6-3-5-12(8-13)15(10-17(22)23)20-16(21)9-11-4-1-2-7-14(11)18(24)25/h1-8,15H,9-10H2,(H,20,21)(H,22,23)(H,24,25)/t15-/m1/s1. The summed E-state index contributed by atoms with van der Waals surface area (Å²) in [4.78, 5) is 34.5. The molecule has 0 saturated carbocycles. The molecule has 0 aliphatic rings. The molecule has 0 radical (unpaired) electrons. The van der Waals surface area contributed by atoms with E-state index in [1.807, 2.05) is 0 Å². The summed E-state index contributed by atoms with van der Waals surface area (Å²) in [7, 11) is 0. The van der Waals surface area contributed by atoms with Gasteiger partial charge in [0, 0.05) is 0 Å². The number of rotatable bonds is 7. The molecule has 6 nitrogen and oxygen atoms in total. The molecule has 0 heterocycles. The predicted molar refractivity (Wildman–Crippen MR) is 86.6 cm³/mol. The van der Waals surface area contributed by atoms with Crippen LogP contribution in [0.3, 0.4) is 0 Å². The van der Waals surface area contributed by atoms with Gasteiger partial charge in [-0.05, 0) is 29.3 Å². The monoisotopic (exact) mass is 345 g/mol. The van der Waals surface area contributed by atoms with E-state index >= 15 is 0 Å². The molecule has 130 valence electrons. The van der Waals surface area contributed by atoms with Gasteiger partial charge in [-0.3, -0.25) is 9.59 Å². The normalized spacial score (nSPS) is 11.6. The maximum absolute atomic E-state index is 13.4. The second kappa shape index (κ2) is 8.05. The lowest BCUT2D eigenvalue weighted by atomic mass is 10.0. The number of aliphatic carboxylic acids is 1. The molecule has 0 bridgehead atoms. The number of nitrogens with one attached hydrogen (secondary N) is 1. The third-order valence-electron chi connectivity index (χ3n) is 3.56. The van der Waals surface area contributed by atoms with Crippen LogP contribution < -0.4 is 5.32 Å². The second-order valence-corrected chi connectivity index (χ2v) is 5.41. The van der Waals surface area contributed by atoms with Gasteiger partial charge < -0.3 is 15.5 Å². The fourth-order valence-electron chi connectivity index (χ4n) is 2.45. The lowest BCUT2D eigenvalue weighted by molar-refractivity contribution is -0.137. The van der Waals surface area contributed by atoms with Crippen molar-refractivity contribution >= 4 is 17.8 Å². The van der Waals surface area contributed by atoms with Gasteiger partial charge in [0.2, 0.25) is 5.91 Å². The molecule has 0 aliphatic heterocycles. The first-order valence-corrected chi connectivity index (χ1v) is 7.44. The van der Waals surface area contributed by atoms with Crippen LogP contribution in [0, 0.1) is 5.82 Å². The molecule has 0 aliphatic carbocycles. The number of carboxylic acids is 2. The van der Waals surface area contributed by atoms with Gasteiger partial charge in [-0.2, -0.15) is 0 Å². The molecule has 1 atom stereocenters. The minimum atomic E-state index is -1.16. The topological polar surface area (TPSA) is 104 Å². The fourth-order valence-corrected chi connectivity index (χ4v) is 2.45. The smallest absolute Gasteiger partial charge is 0.335 e. The summed E-state index contributed by atoms with van der Waals surface area (Å²) in [6.45, 7) is 0. The number of aromatic carboxylic acids is 1. The summed E-state index contributed by atoms with van der Waals surface area (Å²) >= 11 is 0. The van der Waals surface area contributed by atoms with Gasteiger partial charge in [0.05, 0.1) is 24.4 Å². The van der Waals surface area contributed by atoms with Crippen molar-refractivity contribution in [3.05, 3.63) is 71.0 Å². The maximum Gasteiger partial charge on any atom is 0.335 e. The van der Waals surface area contributed by atoms with Crippen molar-refractivity contribution in [2.75, 3.05) is 0 Å². The number of benzene rings is 2. The number of hydrogen-bond acceptors (Lipinski definition) is 3. The molecule has 3 N–H and O–H groups in total. The number of carbonyl (C=O) groups excluding carboxylic acids is 1. The highest BCUT2D eigenvalue weighted by atomic mass is 19.1. The summed E-state index contributed by atoms with van der Waals surface area (Å²) in [5.41, 5.74) is 0.626. The van der Waals surface area contributed by atoms with Crippen molar-refractivity contribution in [3.63, 3.8) is 0 Å². The van der Waals surface area contributed by atoms with E-state index in [0.29, 0.717) is 11.1 Å². The molecular formula is C18H16FNO5. The van der Waals surface area contributed by atoms with Crippen LogP contribution in [0.1, 0.15) is 33.9 Å². The summed E-state index contributed by atoms with van der Waals surface area (Å²) in [5.74, 6) is -3.40. The predicted octanol–water partition coefficient (Wildman–Crippen LogP) is 2.40. The molecule has 2 aromatic carbocycles. The first kappa shape index (κ1) is 18.1. The van der Waals surface area contributed by atoms with Crippen molar-refractivity contribution in [1.29, 1.82) is 0 Å². The summed E-state index contributed by atoms with van der Waals surface area (Å²) in [5, 5.41) is 20.7. The Balaban J connectivity index is 2.17. The zero-order chi connectivity index (χ0) is 18.4. The number of carboxylic acid groups (broad SMARTS) is 2. The molecule has 0 aromatic heterocycles. The van der Waals surface area contributed by atoms with Crippen LogP contribution in [0.15, 0.2) is 48.5 Å². The van der Waals surface area contributed by atoms with Crippen LogP contribution in [0.2, 0.25) is 0 Å². The first-order valence-electron chi connectivity index (χ1n) is 7.44. The molecule has 1 amide bonds. The Morgan fingerprint density at radius 2 is 1.76 bits per heavy atom. The lowest BCUT2D eigenvalue weighted by Gasteiger charge is -2.18. The molecule has 2 rings (SSSR count). The Hall–Kier alpha value is -3.22. The van der Waals surface area contributed by atoms with Crippen LogP contribution in [-0.2, 0) is 16.0 Å². The SMILES string of the molecule is O=C(O)C[C@@H](NC(=O)Cc1ccccc1C(=O)O)c1cccc(F)c1. The zero-order valence-corrected chi connectivity index (χ0v) is 13.1. The lowest BCUT2D eigenvalue weighted by Crippen LogP contribution is -2.31. The van der Waals surface area contributed by atoms with Crippen molar-refractivity contribution in [1.82, 2.24) is 5.32 Å². The highest BCUT2D eigenvalue weighted by molar-refractivity contribution is 5.91. The Kier molecular flexibility index (Phi) is 5.84. The van der Waals surface area contributed by atoms with E-state index in [1.54, 1.807) is 12.1 Å². The van der Waals surface area contributed by atoms with Crippen molar-refractivity contribution in [2.24, 2.45) is 0 Å². The van der Waals surface area contributed by atoms with Gasteiger partial charge >= 0.3 is 11.9 Å². The van der Waals surface area contributed by atoms with E-state index < -0.39 is 36.1 Å². The average Bonchev–Trinajstić information content (AvgIpc) is 2.54. The van der Waals surface area contributed by atoms with E-state index in [2.05, 4.69) is 5.32 Å². The van der Waals surface area contributed by atoms with E-state index in [-0.39, 0.29) is 12.0 Å². The molecular weight excluding hydrogens is 329 g/mol. The zero-order valence-electron chi connectivity index (χ0n) is 13.1. The molecule has 0 fully saturated rings. The Morgan fingerprint density at radius 3 is 2.40 bits per heavy atom. The minimum Gasteiger partial charge on any atom is -0.481 e. The van der Waals surface area contributed by atoms with Gasteiger partial charge in [-0.15, -0.1) is 0 Å². The van der Waals surface area contributed by atoms with Crippen molar-refractivity contribution < 1.29 is 29.0 Å². The molecule has 0 saturated heterocycles. The minimum absolute atomic E-state index is 0.00168. The maximum atomic E-state index is 13.4. The van der Waals surface area contributed by atoms with Gasteiger partial charge in [-0.25, -0.2) is 9.18 Å². The van der Waals surface area contributed by atoms with Crippen LogP contribution in [0.5, 0.6) is 0 Å². The van der Waals surface area contributed by atoms with Crippen LogP contribution in [0.25, 0.3) is 0 Å². The number of halogens is 1. The van der Waals surface area contributed by atoms with Gasteiger partial charge in [0.25, 0.3) is 0 Å². The third-order valence-corrected chi connectivity index (χ3v) is 3.56. The number of carbonyl (C=O) groups is 3. The third kappa shape index (κ3) is 5.13. The summed E-state index contributed by atoms with van der Waals surface area (Å²) < 4.78 is 13.4. The summed E-state index contributed by atoms with van der Waals surface area (Å²) in [6, 6.07) is 10.4. The van der Waals surface area contributed by atoms with Gasteiger partial charge in [-0.1, -0.05) is 30.3 Å². The number of hydrogen-bond donors (Lipinski definition) is 3. The van der Waals surface area contributed by atoms with E-state index in [4.69, 9.17) is 10.2 Å². The number of amides is 1. The van der Waals surface area contributed by atoms with Gasteiger partial charge in [0.15, 0.2) is 0 Å². The van der Waals surface area contributed by atoms with E-state index in [9.17, 15) is 18.8 Å². The second-order valence-electron chi connectivity index (χ2n) is 5.41. The molecule has 0 spiro atoms. The highest BCUT2D eigenvalue weighted by Gasteiger charge is 2.20. The highest BCUT2D eigenvalue weighted by Crippen LogP contribution is 2.19. The summed E-state index contributed by atoms with van der Waals surface area (Å²) in [6.07, 6.45) is -0.649. The Morgan fingerprint density at radius 1 is 1.04 bits per heavy atom. The van der Waals surface area contributed by atoms with Crippen molar-refractivity contribution in [2.45, 2.75) is 18.9 Å². The Bertz CT molecular complexity index is 806. The molecule has 0 unspecified atom stereocenters. The van der Waals surface area contributed by atoms with Crippen LogP contribution >= 0.6 is 0 Å². The van der Waals surface area contributed by atoms with Crippen molar-refractivity contribution in [3.8, 4) is 0 Å². The van der Waals surface area contributed by atoms with Gasteiger partial charge in [0.1, 0.15) is 5.82 Å². The fraction of sp³-hybridized carbons (Fsp3) is 0.167. The first-order chi connectivity index (χ1) is 11.9. The molecule has 25 heavy (non-hydrogen) atoms. The van der Waals surface area contributed by atoms with Crippen LogP contribution in [0.4, 0.5) is 4.39 Å². The van der Waals surface area contributed by atoms with E-state index in [1.165, 1.54) is 30.3 Å². The molecule has 7 heteroatoms. The molecule has 2 aromatic rings. The van der Waals surface area contributed by atoms with E-state index in [0.717, 1.165) is 6.07 Å². The average molecular weight is 345 g/mol. The largest absolute Gasteiger partial charge is 0.481 e. The quantitative estimate of drug-likeness (QED) is 0.715.